The van der Waals surface area contributed by atoms with Crippen molar-refractivity contribution >= 4 is 11.8 Å². The maximum atomic E-state index is 13.3. The molecule has 0 fully saturated rings. The first kappa shape index (κ1) is 23.8. The number of amides is 2. The van der Waals surface area contributed by atoms with Crippen LogP contribution in [0.2, 0.25) is 0 Å². The van der Waals surface area contributed by atoms with Gasteiger partial charge in [-0.3, -0.25) is 9.59 Å². The number of aromatic nitrogens is 1. The van der Waals surface area contributed by atoms with Crippen LogP contribution in [0.4, 0.5) is 0 Å². The first-order chi connectivity index (χ1) is 14.4. The first-order valence-corrected chi connectivity index (χ1v) is 11.1. The van der Waals surface area contributed by atoms with Crippen LogP contribution in [0.15, 0.2) is 41.1 Å². The summed E-state index contributed by atoms with van der Waals surface area (Å²) < 4.78 is 7.49. The highest BCUT2D eigenvalue weighted by atomic mass is 16.3. The molecule has 0 aliphatic heterocycles. The number of furan rings is 1. The molecule has 0 N–H and O–H groups in total. The predicted octanol–water partition coefficient (Wildman–Crippen LogP) is 4.60. The molecular formula is C24H37N3O3. The first-order valence-electron chi connectivity index (χ1n) is 11.1. The molecule has 166 valence electrons. The highest BCUT2D eigenvalue weighted by Gasteiger charge is 2.28. The lowest BCUT2D eigenvalue weighted by Gasteiger charge is -2.32. The number of hydrogen-bond acceptors (Lipinski definition) is 3. The van der Waals surface area contributed by atoms with Gasteiger partial charge in [0, 0.05) is 30.9 Å². The van der Waals surface area contributed by atoms with Crippen LogP contribution in [-0.2, 0) is 29.7 Å². The zero-order valence-corrected chi connectivity index (χ0v) is 19.1. The van der Waals surface area contributed by atoms with Crippen LogP contribution >= 0.6 is 0 Å². The van der Waals surface area contributed by atoms with Crippen molar-refractivity contribution in [3.63, 3.8) is 0 Å². The van der Waals surface area contributed by atoms with Gasteiger partial charge < -0.3 is 18.8 Å². The van der Waals surface area contributed by atoms with Gasteiger partial charge in [-0.1, -0.05) is 26.7 Å². The predicted molar refractivity (Wildman–Crippen MR) is 119 cm³/mol. The topological polar surface area (TPSA) is 58.7 Å². The summed E-state index contributed by atoms with van der Waals surface area (Å²) in [5.41, 5.74) is 1.03. The molecule has 0 saturated carbocycles. The fourth-order valence-electron chi connectivity index (χ4n) is 3.63. The molecule has 30 heavy (non-hydrogen) atoms. The van der Waals surface area contributed by atoms with E-state index < -0.39 is 0 Å². The highest BCUT2D eigenvalue weighted by molar-refractivity contribution is 5.86. The van der Waals surface area contributed by atoms with Crippen molar-refractivity contribution in [3.8, 4) is 0 Å². The summed E-state index contributed by atoms with van der Waals surface area (Å²) in [5, 5.41) is 0. The van der Waals surface area contributed by atoms with E-state index in [1.54, 1.807) is 16.1 Å². The number of unbranched alkanes of at least 4 members (excludes halogenated alkanes) is 1. The van der Waals surface area contributed by atoms with Gasteiger partial charge in [-0.2, -0.15) is 0 Å². The second kappa shape index (κ2) is 11.6. The monoisotopic (exact) mass is 415 g/mol. The summed E-state index contributed by atoms with van der Waals surface area (Å²) in [7, 11) is 1.97. The van der Waals surface area contributed by atoms with Crippen molar-refractivity contribution in [3.05, 3.63) is 48.2 Å². The summed E-state index contributed by atoms with van der Waals surface area (Å²) >= 11 is 0. The van der Waals surface area contributed by atoms with Crippen LogP contribution in [0.1, 0.15) is 64.8 Å². The maximum absolute atomic E-state index is 13.3. The molecule has 2 aromatic rings. The minimum Gasteiger partial charge on any atom is -0.467 e. The molecule has 0 bridgehead atoms. The van der Waals surface area contributed by atoms with Crippen molar-refractivity contribution in [1.29, 1.82) is 0 Å². The van der Waals surface area contributed by atoms with Crippen LogP contribution in [0.5, 0.6) is 0 Å². The second-order valence-corrected chi connectivity index (χ2v) is 8.25. The molecule has 0 unspecified atom stereocenters. The van der Waals surface area contributed by atoms with Gasteiger partial charge in [0.2, 0.25) is 11.8 Å². The Morgan fingerprint density at radius 2 is 1.90 bits per heavy atom. The average Bonchev–Trinajstić information content (AvgIpc) is 3.37. The van der Waals surface area contributed by atoms with Crippen LogP contribution < -0.4 is 0 Å². The fraction of sp³-hybridized carbons (Fsp3) is 0.583. The molecule has 0 aromatic carbocycles. The van der Waals surface area contributed by atoms with E-state index in [2.05, 4.69) is 13.8 Å². The number of rotatable bonds is 12. The average molecular weight is 416 g/mol. The molecule has 0 aliphatic rings. The number of nitrogens with zero attached hydrogens (tertiary/aromatic N) is 3. The Hall–Kier alpha value is -2.50. The molecule has 0 spiro atoms. The number of aryl methyl sites for hydroxylation is 1. The fourth-order valence-corrected chi connectivity index (χ4v) is 3.63. The smallest absolute Gasteiger partial charge is 0.242 e. The Morgan fingerprint density at radius 3 is 2.43 bits per heavy atom. The van der Waals surface area contributed by atoms with Crippen molar-refractivity contribution in [2.24, 2.45) is 13.0 Å². The van der Waals surface area contributed by atoms with E-state index in [4.69, 9.17) is 4.42 Å². The van der Waals surface area contributed by atoms with Gasteiger partial charge in [0.1, 0.15) is 12.3 Å². The van der Waals surface area contributed by atoms with E-state index in [9.17, 15) is 9.59 Å². The summed E-state index contributed by atoms with van der Waals surface area (Å²) in [6, 6.07) is 7.64. The van der Waals surface area contributed by atoms with Gasteiger partial charge in [0.25, 0.3) is 0 Å². The third kappa shape index (κ3) is 6.51. The molecule has 2 amide bonds. The van der Waals surface area contributed by atoms with Crippen LogP contribution in [0.25, 0.3) is 0 Å². The normalized spacial score (nSPS) is 12.2. The van der Waals surface area contributed by atoms with Crippen LogP contribution in [-0.4, -0.2) is 38.8 Å². The van der Waals surface area contributed by atoms with Crippen molar-refractivity contribution in [1.82, 2.24) is 14.4 Å². The van der Waals surface area contributed by atoms with Gasteiger partial charge >= 0.3 is 0 Å². The lowest BCUT2D eigenvalue weighted by molar-refractivity contribution is -0.145. The van der Waals surface area contributed by atoms with Gasteiger partial charge in [0.15, 0.2) is 0 Å². The van der Waals surface area contributed by atoms with E-state index in [0.717, 1.165) is 37.1 Å². The number of hydrogen-bond donors (Lipinski definition) is 0. The Bertz CT molecular complexity index is 779. The van der Waals surface area contributed by atoms with E-state index in [1.165, 1.54) is 0 Å². The third-order valence-electron chi connectivity index (χ3n) is 5.64. The SMILES string of the molecule is CCCC[C@H](CC)C(=O)N(CC(=O)N(Cc1ccco1)Cc1cccn1C)C(C)C. The minimum absolute atomic E-state index is 0.0217. The molecule has 0 radical (unpaired) electrons. The van der Waals surface area contributed by atoms with E-state index in [-0.39, 0.29) is 30.3 Å². The van der Waals surface area contributed by atoms with Gasteiger partial charge in [-0.15, -0.1) is 0 Å². The Morgan fingerprint density at radius 1 is 1.13 bits per heavy atom. The molecule has 2 aromatic heterocycles. The summed E-state index contributed by atoms with van der Waals surface area (Å²) in [6.45, 7) is 9.08. The number of carbonyl (C=O) groups is 2. The van der Waals surface area contributed by atoms with Crippen molar-refractivity contribution in [2.45, 2.75) is 72.5 Å². The molecule has 6 nitrogen and oxygen atoms in total. The quantitative estimate of drug-likeness (QED) is 0.509. The van der Waals surface area contributed by atoms with Gasteiger partial charge in [0.05, 0.1) is 19.4 Å². The molecule has 2 heterocycles. The second-order valence-electron chi connectivity index (χ2n) is 8.25. The summed E-state index contributed by atoms with van der Waals surface area (Å²) in [6.07, 6.45) is 7.36. The largest absolute Gasteiger partial charge is 0.467 e. The van der Waals surface area contributed by atoms with Gasteiger partial charge in [-0.25, -0.2) is 0 Å². The Balaban J connectivity index is 2.17. The van der Waals surface area contributed by atoms with Crippen LogP contribution in [0, 0.1) is 5.92 Å². The molecule has 0 aliphatic carbocycles. The van der Waals surface area contributed by atoms with Crippen molar-refractivity contribution in [2.75, 3.05) is 6.54 Å². The minimum atomic E-state index is -0.0694. The van der Waals surface area contributed by atoms with Crippen LogP contribution in [0.3, 0.4) is 0 Å². The van der Waals surface area contributed by atoms with E-state index >= 15 is 0 Å². The third-order valence-corrected chi connectivity index (χ3v) is 5.64. The summed E-state index contributed by atoms with van der Waals surface area (Å²) in [4.78, 5) is 30.0. The molecule has 1 atom stereocenters. The zero-order valence-electron chi connectivity index (χ0n) is 19.1. The van der Waals surface area contributed by atoms with Crippen molar-refractivity contribution < 1.29 is 14.0 Å². The standard InChI is InChI=1S/C24H37N3O3/c1-6-8-11-20(7-2)24(29)27(19(3)4)18-23(28)26(17-22-13-10-15-30-22)16-21-12-9-14-25(21)5/h9-10,12-15,19-20H,6-8,11,16-18H2,1-5H3/t20-/m0/s1. The molecule has 2 rings (SSSR count). The molecular weight excluding hydrogens is 378 g/mol. The highest BCUT2D eigenvalue weighted by Crippen LogP contribution is 2.19. The van der Waals surface area contributed by atoms with E-state index in [1.807, 2.05) is 55.9 Å². The maximum Gasteiger partial charge on any atom is 0.242 e. The molecule has 6 heteroatoms. The zero-order chi connectivity index (χ0) is 22.1. The van der Waals surface area contributed by atoms with E-state index in [0.29, 0.717) is 13.1 Å². The number of carbonyl (C=O) groups excluding carboxylic acids is 2. The lowest BCUT2D eigenvalue weighted by Crippen LogP contribution is -2.47. The van der Waals surface area contributed by atoms with Gasteiger partial charge in [-0.05, 0) is 51.0 Å². The lowest BCUT2D eigenvalue weighted by atomic mass is 9.97. The molecule has 0 saturated heterocycles. The Kier molecular flexibility index (Phi) is 9.21. The Labute approximate surface area is 180 Å². The summed E-state index contributed by atoms with van der Waals surface area (Å²) in [5.74, 6) is 0.729.